The SMILES string of the molecule is Nc1ccccc1OCCNC(=O)C(F)(F)F. The average Bonchev–Trinajstić information content (AvgIpc) is 2.25. The minimum atomic E-state index is -4.87. The maximum Gasteiger partial charge on any atom is 0.471 e. The fourth-order valence-electron chi connectivity index (χ4n) is 1.04. The number of carbonyl (C=O) groups excluding carboxylic acids is 1. The highest BCUT2D eigenvalue weighted by Crippen LogP contribution is 2.19. The number of alkyl halides is 3. The van der Waals surface area contributed by atoms with Crippen LogP contribution in [0.5, 0.6) is 5.75 Å². The van der Waals surface area contributed by atoms with Gasteiger partial charge in [-0.05, 0) is 12.1 Å². The van der Waals surface area contributed by atoms with E-state index >= 15 is 0 Å². The topological polar surface area (TPSA) is 64.3 Å². The zero-order valence-corrected chi connectivity index (χ0v) is 8.75. The smallest absolute Gasteiger partial charge is 0.471 e. The summed E-state index contributed by atoms with van der Waals surface area (Å²) in [6, 6.07) is 6.57. The number of hydrogen-bond acceptors (Lipinski definition) is 3. The number of hydrogen-bond donors (Lipinski definition) is 2. The monoisotopic (exact) mass is 248 g/mol. The van der Waals surface area contributed by atoms with Crippen molar-refractivity contribution in [3.8, 4) is 5.75 Å². The van der Waals surface area contributed by atoms with Crippen LogP contribution in [-0.4, -0.2) is 25.2 Å². The van der Waals surface area contributed by atoms with Gasteiger partial charge in [-0.1, -0.05) is 12.1 Å². The Balaban J connectivity index is 2.30. The van der Waals surface area contributed by atoms with E-state index in [9.17, 15) is 18.0 Å². The first kappa shape index (κ1) is 13.1. The molecule has 0 bridgehead atoms. The highest BCUT2D eigenvalue weighted by Gasteiger charge is 2.38. The Morgan fingerprint density at radius 1 is 1.35 bits per heavy atom. The largest absolute Gasteiger partial charge is 0.490 e. The molecule has 1 aromatic rings. The summed E-state index contributed by atoms with van der Waals surface area (Å²) in [7, 11) is 0. The number of nitrogen functional groups attached to an aromatic ring is 1. The maximum atomic E-state index is 11.8. The minimum Gasteiger partial charge on any atom is -0.490 e. The number of carbonyl (C=O) groups is 1. The van der Waals surface area contributed by atoms with Crippen LogP contribution in [0.3, 0.4) is 0 Å². The van der Waals surface area contributed by atoms with Gasteiger partial charge in [0.1, 0.15) is 12.4 Å². The van der Waals surface area contributed by atoms with Crippen molar-refractivity contribution in [1.29, 1.82) is 0 Å². The number of para-hydroxylation sites is 2. The summed E-state index contributed by atoms with van der Waals surface area (Å²) in [5.74, 6) is -1.61. The van der Waals surface area contributed by atoms with Crippen molar-refractivity contribution >= 4 is 11.6 Å². The molecule has 1 amide bonds. The summed E-state index contributed by atoms with van der Waals surface area (Å²) in [4.78, 5) is 10.4. The van der Waals surface area contributed by atoms with Crippen molar-refractivity contribution in [3.05, 3.63) is 24.3 Å². The Hall–Kier alpha value is -1.92. The van der Waals surface area contributed by atoms with Gasteiger partial charge in [-0.15, -0.1) is 0 Å². The number of nitrogens with one attached hydrogen (secondary N) is 1. The third-order valence-electron chi connectivity index (χ3n) is 1.82. The molecule has 7 heteroatoms. The molecule has 0 aliphatic heterocycles. The molecule has 94 valence electrons. The van der Waals surface area contributed by atoms with Crippen LogP contribution in [0.25, 0.3) is 0 Å². The molecule has 0 spiro atoms. The van der Waals surface area contributed by atoms with Gasteiger partial charge in [-0.3, -0.25) is 4.79 Å². The van der Waals surface area contributed by atoms with Gasteiger partial charge in [-0.2, -0.15) is 13.2 Å². The molecule has 3 N–H and O–H groups in total. The lowest BCUT2D eigenvalue weighted by atomic mass is 10.3. The summed E-state index contributed by atoms with van der Waals surface area (Å²) < 4.78 is 40.5. The fourth-order valence-corrected chi connectivity index (χ4v) is 1.04. The summed E-state index contributed by atoms with van der Waals surface area (Å²) in [6.45, 7) is -0.331. The Labute approximate surface area is 95.6 Å². The zero-order valence-electron chi connectivity index (χ0n) is 8.75. The number of rotatable bonds is 4. The number of benzene rings is 1. The van der Waals surface area contributed by atoms with Crippen LogP contribution >= 0.6 is 0 Å². The first-order chi connectivity index (χ1) is 7.91. The predicted molar refractivity (Wildman–Crippen MR) is 55.4 cm³/mol. The van der Waals surface area contributed by atoms with Crippen molar-refractivity contribution in [2.24, 2.45) is 0 Å². The summed E-state index contributed by atoms with van der Waals surface area (Å²) in [5.41, 5.74) is 5.92. The maximum absolute atomic E-state index is 11.8. The van der Waals surface area contributed by atoms with E-state index in [1.165, 1.54) is 0 Å². The fraction of sp³-hybridized carbons (Fsp3) is 0.300. The van der Waals surface area contributed by atoms with Crippen LogP contribution in [0.4, 0.5) is 18.9 Å². The molecule has 0 aliphatic carbocycles. The van der Waals surface area contributed by atoms with Gasteiger partial charge in [0.25, 0.3) is 0 Å². The standard InChI is InChI=1S/C10H11F3N2O2/c11-10(12,13)9(16)15-5-6-17-8-4-2-1-3-7(8)14/h1-4H,5-6,14H2,(H,15,16). The molecule has 17 heavy (non-hydrogen) atoms. The lowest BCUT2D eigenvalue weighted by Crippen LogP contribution is -2.38. The quantitative estimate of drug-likeness (QED) is 0.624. The Morgan fingerprint density at radius 2 is 2.00 bits per heavy atom. The lowest BCUT2D eigenvalue weighted by molar-refractivity contribution is -0.173. The molecule has 0 radical (unpaired) electrons. The van der Waals surface area contributed by atoms with E-state index in [0.29, 0.717) is 11.4 Å². The van der Waals surface area contributed by atoms with Crippen LogP contribution < -0.4 is 15.8 Å². The van der Waals surface area contributed by atoms with Crippen molar-refractivity contribution in [2.75, 3.05) is 18.9 Å². The first-order valence-corrected chi connectivity index (χ1v) is 4.73. The molecular weight excluding hydrogens is 237 g/mol. The molecule has 0 saturated carbocycles. The predicted octanol–water partition coefficient (Wildman–Crippen LogP) is 1.33. The molecule has 0 heterocycles. The van der Waals surface area contributed by atoms with E-state index in [-0.39, 0.29) is 13.2 Å². The van der Waals surface area contributed by atoms with E-state index in [1.54, 1.807) is 29.6 Å². The molecule has 1 aromatic carbocycles. The molecule has 4 nitrogen and oxygen atoms in total. The number of nitrogens with two attached hydrogens (primary N) is 1. The Kier molecular flexibility index (Phi) is 4.19. The Morgan fingerprint density at radius 3 is 2.59 bits per heavy atom. The molecule has 0 saturated heterocycles. The second kappa shape index (κ2) is 5.42. The van der Waals surface area contributed by atoms with Crippen LogP contribution in [0.2, 0.25) is 0 Å². The van der Waals surface area contributed by atoms with Gasteiger partial charge < -0.3 is 15.8 Å². The summed E-state index contributed by atoms with van der Waals surface area (Å²) in [6.07, 6.45) is -4.87. The van der Waals surface area contributed by atoms with Crippen LogP contribution in [0, 0.1) is 0 Å². The minimum absolute atomic E-state index is 0.0873. The second-order valence-electron chi connectivity index (χ2n) is 3.14. The molecule has 0 unspecified atom stereocenters. The van der Waals surface area contributed by atoms with Gasteiger partial charge in [0.05, 0.1) is 12.2 Å². The van der Waals surface area contributed by atoms with Gasteiger partial charge in [-0.25, -0.2) is 0 Å². The highest BCUT2D eigenvalue weighted by molar-refractivity contribution is 5.81. The number of anilines is 1. The van der Waals surface area contributed by atoms with Gasteiger partial charge in [0.15, 0.2) is 0 Å². The summed E-state index contributed by atoms with van der Waals surface area (Å²) >= 11 is 0. The molecule has 0 atom stereocenters. The molecular formula is C10H11F3N2O2. The second-order valence-corrected chi connectivity index (χ2v) is 3.14. The zero-order chi connectivity index (χ0) is 12.9. The van der Waals surface area contributed by atoms with E-state index in [1.807, 2.05) is 0 Å². The highest BCUT2D eigenvalue weighted by atomic mass is 19.4. The molecule has 0 aliphatic rings. The summed E-state index contributed by atoms with van der Waals surface area (Å²) in [5, 5.41) is 1.68. The van der Waals surface area contributed by atoms with Gasteiger partial charge in [0.2, 0.25) is 0 Å². The molecule has 0 aromatic heterocycles. The lowest BCUT2D eigenvalue weighted by Gasteiger charge is -2.10. The number of ether oxygens (including phenoxy) is 1. The molecule has 1 rings (SSSR count). The first-order valence-electron chi connectivity index (χ1n) is 4.73. The van der Waals surface area contributed by atoms with Gasteiger partial charge in [0, 0.05) is 0 Å². The third kappa shape index (κ3) is 4.21. The third-order valence-corrected chi connectivity index (χ3v) is 1.82. The van der Waals surface area contributed by atoms with Gasteiger partial charge >= 0.3 is 12.1 Å². The number of amides is 1. The van der Waals surface area contributed by atoms with Crippen molar-refractivity contribution in [2.45, 2.75) is 6.18 Å². The van der Waals surface area contributed by atoms with Crippen LogP contribution in [0.1, 0.15) is 0 Å². The van der Waals surface area contributed by atoms with Crippen LogP contribution in [-0.2, 0) is 4.79 Å². The van der Waals surface area contributed by atoms with E-state index in [0.717, 1.165) is 0 Å². The molecule has 0 fully saturated rings. The van der Waals surface area contributed by atoms with E-state index < -0.39 is 12.1 Å². The van der Waals surface area contributed by atoms with E-state index in [2.05, 4.69) is 0 Å². The number of halogens is 3. The van der Waals surface area contributed by atoms with Crippen LogP contribution in [0.15, 0.2) is 24.3 Å². The van der Waals surface area contributed by atoms with Crippen molar-refractivity contribution in [1.82, 2.24) is 5.32 Å². The van der Waals surface area contributed by atoms with E-state index in [4.69, 9.17) is 10.5 Å². The van der Waals surface area contributed by atoms with Crippen molar-refractivity contribution < 1.29 is 22.7 Å². The Bertz CT molecular complexity index is 393. The normalized spacial score (nSPS) is 11.0. The average molecular weight is 248 g/mol. The van der Waals surface area contributed by atoms with Crippen molar-refractivity contribution in [3.63, 3.8) is 0 Å².